The van der Waals surface area contributed by atoms with Crippen LogP contribution in [0.25, 0.3) is 0 Å². The number of halogens is 1. The first-order valence-electron chi connectivity index (χ1n) is 3.42. The molecule has 0 aliphatic rings. The number of nitro groups is 1. The summed E-state index contributed by atoms with van der Waals surface area (Å²) in [5.74, 6) is 0. The Morgan fingerprint density at radius 3 is 2.77 bits per heavy atom. The number of hydrogen-bond acceptors (Lipinski definition) is 3. The lowest BCUT2D eigenvalue weighted by atomic mass is 10.3. The van der Waals surface area contributed by atoms with Crippen molar-refractivity contribution in [3.05, 3.63) is 32.8 Å². The summed E-state index contributed by atoms with van der Waals surface area (Å²) in [6.45, 7) is 0. The third kappa shape index (κ3) is 2.93. The van der Waals surface area contributed by atoms with Crippen molar-refractivity contribution in [2.45, 2.75) is 4.90 Å². The number of benzene rings is 1. The van der Waals surface area contributed by atoms with Gasteiger partial charge in [-0.2, -0.15) is 0 Å². The maximum atomic E-state index is 10.4. The fraction of sp³-hybridized carbons (Fsp3) is 0.143. The van der Waals surface area contributed by atoms with Crippen molar-refractivity contribution in [2.24, 2.45) is 0 Å². The van der Waals surface area contributed by atoms with Crippen molar-refractivity contribution in [3.63, 3.8) is 0 Å². The third-order valence-corrected chi connectivity index (χ3v) is 3.62. The van der Waals surface area contributed by atoms with Gasteiger partial charge in [0.1, 0.15) is 0 Å². The maximum Gasteiger partial charge on any atom is 0.270 e. The van der Waals surface area contributed by atoms with Gasteiger partial charge in [-0.25, -0.2) is 0 Å². The normalized spacial score (nSPS) is 10.0. The number of hydrogen-bond donors (Lipinski definition) is 0. The van der Waals surface area contributed by atoms with E-state index in [9.17, 15) is 10.1 Å². The van der Waals surface area contributed by atoms with E-state index in [-0.39, 0.29) is 5.69 Å². The number of rotatable bonds is 3. The smallest absolute Gasteiger partial charge is 0.258 e. The van der Waals surface area contributed by atoms with Gasteiger partial charge < -0.3 is 0 Å². The molecule has 0 aromatic heterocycles. The number of nitro benzene ring substituents is 1. The lowest BCUT2D eigenvalue weighted by Gasteiger charge is -2.00. The highest BCUT2D eigenvalue weighted by atomic mass is 79.9. The first-order chi connectivity index (χ1) is 6.15. The minimum Gasteiger partial charge on any atom is -0.258 e. The van der Waals surface area contributed by atoms with Gasteiger partial charge >= 0.3 is 0 Å². The molecule has 0 aliphatic heterocycles. The fourth-order valence-corrected chi connectivity index (χ4v) is 2.60. The number of nitrogens with zero attached hydrogens (tertiary/aromatic N) is 1. The standard InChI is InChI=1S/C7H7BrNO2PS/c8-6-3-5(9(10)11)1-2-7(6)13-4-12/h1-3H,4,12H2. The van der Waals surface area contributed by atoms with Crippen molar-refractivity contribution >= 4 is 42.6 Å². The van der Waals surface area contributed by atoms with Gasteiger partial charge in [0.05, 0.1) is 4.92 Å². The molecular weight excluding hydrogens is 273 g/mol. The molecule has 13 heavy (non-hydrogen) atoms. The lowest BCUT2D eigenvalue weighted by molar-refractivity contribution is -0.385. The molecule has 1 aromatic carbocycles. The summed E-state index contributed by atoms with van der Waals surface area (Å²) in [7, 11) is 2.59. The zero-order chi connectivity index (χ0) is 9.84. The van der Waals surface area contributed by atoms with E-state index in [1.54, 1.807) is 17.8 Å². The van der Waals surface area contributed by atoms with Crippen molar-refractivity contribution in [1.82, 2.24) is 0 Å². The highest BCUT2D eigenvalue weighted by Crippen LogP contribution is 2.31. The van der Waals surface area contributed by atoms with Crippen LogP contribution >= 0.6 is 36.9 Å². The average molecular weight is 280 g/mol. The van der Waals surface area contributed by atoms with E-state index < -0.39 is 4.92 Å². The Morgan fingerprint density at radius 2 is 2.31 bits per heavy atom. The molecule has 6 heteroatoms. The molecule has 1 aromatic rings. The summed E-state index contributed by atoms with van der Waals surface area (Å²) in [5.41, 5.74) is 0.983. The summed E-state index contributed by atoms with van der Waals surface area (Å²) in [4.78, 5) is 11.0. The molecule has 0 bridgehead atoms. The Hall–Kier alpha value is -0.120. The van der Waals surface area contributed by atoms with Crippen molar-refractivity contribution in [3.8, 4) is 0 Å². The molecule has 0 saturated heterocycles. The van der Waals surface area contributed by atoms with Crippen molar-refractivity contribution in [2.75, 3.05) is 5.49 Å². The first kappa shape index (κ1) is 11.0. The van der Waals surface area contributed by atoms with E-state index in [0.29, 0.717) is 0 Å². The average Bonchev–Trinajstić information content (AvgIpc) is 2.08. The van der Waals surface area contributed by atoms with Crippen LogP contribution in [0.2, 0.25) is 0 Å². The first-order valence-corrected chi connectivity index (χ1v) is 6.01. The van der Waals surface area contributed by atoms with E-state index in [0.717, 1.165) is 14.9 Å². The zero-order valence-electron chi connectivity index (χ0n) is 6.57. The molecule has 0 saturated carbocycles. The van der Waals surface area contributed by atoms with Gasteiger partial charge in [0, 0.05) is 27.0 Å². The molecular formula is C7H7BrNO2PS. The second-order valence-electron chi connectivity index (χ2n) is 2.18. The monoisotopic (exact) mass is 279 g/mol. The van der Waals surface area contributed by atoms with E-state index in [4.69, 9.17) is 0 Å². The third-order valence-electron chi connectivity index (χ3n) is 1.37. The van der Waals surface area contributed by atoms with E-state index in [1.165, 1.54) is 12.1 Å². The van der Waals surface area contributed by atoms with Crippen LogP contribution < -0.4 is 0 Å². The van der Waals surface area contributed by atoms with E-state index in [2.05, 4.69) is 25.2 Å². The Morgan fingerprint density at radius 1 is 1.62 bits per heavy atom. The summed E-state index contributed by atoms with van der Waals surface area (Å²) < 4.78 is 0.772. The quantitative estimate of drug-likeness (QED) is 0.369. The Labute approximate surface area is 90.8 Å². The summed E-state index contributed by atoms with van der Waals surface area (Å²) in [5, 5.41) is 10.4. The van der Waals surface area contributed by atoms with Crippen LogP contribution in [0, 0.1) is 10.1 Å². The van der Waals surface area contributed by atoms with Crippen molar-refractivity contribution in [1.29, 1.82) is 0 Å². The molecule has 0 amide bonds. The van der Waals surface area contributed by atoms with E-state index >= 15 is 0 Å². The Balaban J connectivity index is 2.98. The topological polar surface area (TPSA) is 43.1 Å². The Bertz CT molecular complexity index is 334. The van der Waals surface area contributed by atoms with Crippen molar-refractivity contribution < 1.29 is 4.92 Å². The van der Waals surface area contributed by atoms with E-state index in [1.807, 2.05) is 0 Å². The molecule has 0 heterocycles. The summed E-state index contributed by atoms with van der Waals surface area (Å²) in [6.07, 6.45) is 0. The zero-order valence-corrected chi connectivity index (χ0v) is 10.1. The van der Waals surface area contributed by atoms with Gasteiger partial charge in [-0.3, -0.25) is 10.1 Å². The molecule has 1 rings (SSSR count). The fourth-order valence-electron chi connectivity index (χ4n) is 0.810. The second kappa shape index (κ2) is 4.94. The highest BCUT2D eigenvalue weighted by Gasteiger charge is 2.08. The molecule has 0 spiro atoms. The van der Waals surface area contributed by atoms with Crippen LogP contribution in [0.15, 0.2) is 27.6 Å². The van der Waals surface area contributed by atoms with Gasteiger partial charge in [-0.1, -0.05) is 0 Å². The van der Waals surface area contributed by atoms with Gasteiger partial charge in [0.15, 0.2) is 0 Å². The number of thioether (sulfide) groups is 1. The minimum atomic E-state index is -0.403. The SMILES string of the molecule is O=[N+]([O-])c1ccc(SCP)c(Br)c1. The van der Waals surface area contributed by atoms with Crippen LogP contribution in [0.3, 0.4) is 0 Å². The predicted octanol–water partition coefficient (Wildman–Crippen LogP) is 3.28. The maximum absolute atomic E-state index is 10.4. The minimum absolute atomic E-state index is 0.111. The van der Waals surface area contributed by atoms with Crippen LogP contribution in [-0.2, 0) is 0 Å². The van der Waals surface area contributed by atoms with Crippen LogP contribution in [0.1, 0.15) is 0 Å². The summed E-state index contributed by atoms with van der Waals surface area (Å²) in [6, 6.07) is 4.77. The molecule has 70 valence electrons. The predicted molar refractivity (Wildman–Crippen MR) is 61.2 cm³/mol. The second-order valence-corrected chi connectivity index (χ2v) is 5.10. The molecule has 0 aliphatic carbocycles. The molecule has 3 nitrogen and oxygen atoms in total. The molecule has 0 fully saturated rings. The van der Waals surface area contributed by atoms with Gasteiger partial charge in [-0.15, -0.1) is 21.0 Å². The van der Waals surface area contributed by atoms with Crippen LogP contribution in [0.5, 0.6) is 0 Å². The van der Waals surface area contributed by atoms with Crippen LogP contribution in [-0.4, -0.2) is 10.4 Å². The highest BCUT2D eigenvalue weighted by molar-refractivity contribution is 9.10. The molecule has 1 atom stereocenters. The molecule has 0 N–H and O–H groups in total. The lowest BCUT2D eigenvalue weighted by Crippen LogP contribution is -1.87. The molecule has 1 unspecified atom stereocenters. The number of non-ortho nitro benzene ring substituents is 1. The molecule has 0 radical (unpaired) electrons. The summed E-state index contributed by atoms with van der Waals surface area (Å²) >= 11 is 4.90. The Kier molecular flexibility index (Phi) is 4.16. The van der Waals surface area contributed by atoms with Gasteiger partial charge in [0.2, 0.25) is 0 Å². The van der Waals surface area contributed by atoms with Crippen LogP contribution in [0.4, 0.5) is 5.69 Å². The van der Waals surface area contributed by atoms with Gasteiger partial charge in [0.25, 0.3) is 5.69 Å². The largest absolute Gasteiger partial charge is 0.270 e. The van der Waals surface area contributed by atoms with Gasteiger partial charge in [-0.05, 0) is 22.0 Å².